The Morgan fingerprint density at radius 1 is 0.769 bits per heavy atom. The molecule has 0 bridgehead atoms. The summed E-state index contributed by atoms with van der Waals surface area (Å²) in [5, 5.41) is 0. The fourth-order valence-electron chi connectivity index (χ4n) is 0.534. The predicted molar refractivity (Wildman–Crippen MR) is 70.9 cm³/mol. The molecule has 1 aromatic carbocycles. The predicted octanol–water partition coefficient (Wildman–Crippen LogP) is 4.91. The van der Waals surface area contributed by atoms with Crippen molar-refractivity contribution in [2.75, 3.05) is 0 Å². The van der Waals surface area contributed by atoms with Gasteiger partial charge in [0.05, 0.1) is 0 Å². The zero-order valence-corrected chi connectivity index (χ0v) is 7.54. The molecule has 0 atom stereocenters. The average Bonchev–Trinajstić information content (AvgIpc) is 1.69. The second kappa shape index (κ2) is 22.6. The van der Waals surface area contributed by atoms with Crippen molar-refractivity contribution in [3.8, 4) is 0 Å². The third kappa shape index (κ3) is 18.6. The van der Waals surface area contributed by atoms with Crippen molar-refractivity contribution in [2.24, 2.45) is 0 Å². The Morgan fingerprint density at radius 3 is 1.23 bits per heavy atom. The van der Waals surface area contributed by atoms with Crippen LogP contribution in [0.2, 0.25) is 0 Å². The molecule has 1 nitrogen and oxygen atoms in total. The molecular formula is C10H25Cl2N. The molecule has 1 rings (SSSR count). The molecule has 0 aliphatic heterocycles. The quantitative estimate of drug-likeness (QED) is 0.675. The lowest BCUT2D eigenvalue weighted by atomic mass is 10.2. The highest BCUT2D eigenvalue weighted by atomic mass is 35.5. The molecule has 0 unspecified atom stereocenters. The van der Waals surface area contributed by atoms with Crippen molar-refractivity contribution in [1.29, 1.82) is 0 Å². The maximum absolute atomic E-state index is 2.08. The molecule has 0 amide bonds. The van der Waals surface area contributed by atoms with Gasteiger partial charge in [-0.2, -0.15) is 0 Å². The summed E-state index contributed by atoms with van der Waals surface area (Å²) in [4.78, 5) is 0. The van der Waals surface area contributed by atoms with E-state index in [9.17, 15) is 0 Å². The molecule has 84 valence electrons. The van der Waals surface area contributed by atoms with Crippen LogP contribution in [-0.4, -0.2) is 0 Å². The number of benzene rings is 1. The minimum atomic E-state index is 0. The van der Waals surface area contributed by atoms with Crippen LogP contribution >= 0.6 is 24.8 Å². The van der Waals surface area contributed by atoms with Crippen molar-refractivity contribution >= 4 is 24.8 Å². The van der Waals surface area contributed by atoms with E-state index in [0.29, 0.717) is 0 Å². The maximum atomic E-state index is 2.08. The average molecular weight is 230 g/mol. The topological polar surface area (TPSA) is 35.0 Å². The van der Waals surface area contributed by atoms with E-state index in [1.165, 1.54) is 5.56 Å². The minimum Gasteiger partial charge on any atom is -0.344 e. The van der Waals surface area contributed by atoms with Crippen LogP contribution in [0.15, 0.2) is 30.3 Å². The van der Waals surface area contributed by atoms with Crippen molar-refractivity contribution in [3.63, 3.8) is 0 Å². The molecule has 3 N–H and O–H groups in total. The smallest absolute Gasteiger partial charge is 0.0398 e. The summed E-state index contributed by atoms with van der Waals surface area (Å²) in [5.74, 6) is 0. The first-order chi connectivity index (χ1) is 3.39. The second-order valence-corrected chi connectivity index (χ2v) is 1.65. The maximum Gasteiger partial charge on any atom is -0.0398 e. The zero-order chi connectivity index (χ0) is 5.11. The molecule has 0 heterocycles. The second-order valence-electron chi connectivity index (χ2n) is 1.65. The van der Waals surface area contributed by atoms with E-state index in [2.05, 4.69) is 19.1 Å². The third-order valence-corrected chi connectivity index (χ3v) is 0.940. The Bertz CT molecular complexity index is 143. The molecule has 3 heteroatoms. The van der Waals surface area contributed by atoms with E-state index in [0.717, 1.165) is 0 Å². The first kappa shape index (κ1) is 38.6. The molecule has 0 radical (unpaired) electrons. The molecule has 0 aliphatic carbocycles. The Balaban J connectivity index is -0.0000000204. The van der Waals surface area contributed by atoms with Crippen LogP contribution in [0.3, 0.4) is 0 Å². The van der Waals surface area contributed by atoms with Crippen molar-refractivity contribution in [2.45, 2.75) is 29.2 Å². The van der Waals surface area contributed by atoms with E-state index in [1.54, 1.807) is 0 Å². The van der Waals surface area contributed by atoms with Crippen LogP contribution in [0.4, 0.5) is 0 Å². The Morgan fingerprint density at radius 2 is 1.08 bits per heavy atom. The summed E-state index contributed by atoms with van der Waals surface area (Å²) in [6, 6.07) is 10.3. The van der Waals surface area contributed by atoms with Crippen LogP contribution in [0.25, 0.3) is 0 Å². The third-order valence-electron chi connectivity index (χ3n) is 0.940. The lowest BCUT2D eigenvalue weighted by molar-refractivity contribution is 1.48. The summed E-state index contributed by atoms with van der Waals surface area (Å²) >= 11 is 0. The number of halogens is 2. The fourth-order valence-corrected chi connectivity index (χ4v) is 0.534. The van der Waals surface area contributed by atoms with Gasteiger partial charge >= 0.3 is 0 Å². The highest BCUT2D eigenvalue weighted by Crippen LogP contribution is 1.92. The molecule has 0 saturated carbocycles. The number of aryl methyl sites for hydroxylation is 1. The summed E-state index contributed by atoms with van der Waals surface area (Å²) in [6.07, 6.45) is 0. The lowest BCUT2D eigenvalue weighted by Gasteiger charge is -1.82. The van der Waals surface area contributed by atoms with Gasteiger partial charge in [-0.25, -0.2) is 0 Å². The molecule has 0 saturated heterocycles. The van der Waals surface area contributed by atoms with Gasteiger partial charge in [-0.15, -0.1) is 24.8 Å². The van der Waals surface area contributed by atoms with E-state index in [-0.39, 0.29) is 53.2 Å². The van der Waals surface area contributed by atoms with E-state index in [4.69, 9.17) is 0 Å². The number of hydrogen-bond donors (Lipinski definition) is 1. The van der Waals surface area contributed by atoms with Crippen LogP contribution in [0, 0.1) is 6.92 Å². The van der Waals surface area contributed by atoms with Crippen molar-refractivity contribution in [1.82, 2.24) is 6.15 Å². The van der Waals surface area contributed by atoms with E-state index >= 15 is 0 Å². The molecule has 0 aromatic heterocycles. The SMILES string of the molecule is C.C.C.Cc1ccccc1.Cl.Cl.N. The summed E-state index contributed by atoms with van der Waals surface area (Å²) in [6.45, 7) is 2.08. The standard InChI is InChI=1S/C7H8.3CH4.2ClH.H3N/c1-7-5-3-2-4-6-7;;;;;;/h2-6H,1H3;3*1H4;2*1H;1H3. The van der Waals surface area contributed by atoms with E-state index < -0.39 is 0 Å². The van der Waals surface area contributed by atoms with Gasteiger partial charge in [-0.05, 0) is 6.92 Å². The first-order valence-electron chi connectivity index (χ1n) is 2.41. The van der Waals surface area contributed by atoms with Gasteiger partial charge in [0.1, 0.15) is 0 Å². The Labute approximate surface area is 96.4 Å². The van der Waals surface area contributed by atoms with Gasteiger partial charge in [-0.1, -0.05) is 58.2 Å². The fraction of sp³-hybridized carbons (Fsp3) is 0.400. The van der Waals surface area contributed by atoms with Gasteiger partial charge in [-0.3, -0.25) is 0 Å². The highest BCUT2D eigenvalue weighted by molar-refractivity contribution is 5.85. The van der Waals surface area contributed by atoms with Crippen molar-refractivity contribution in [3.05, 3.63) is 35.9 Å². The summed E-state index contributed by atoms with van der Waals surface area (Å²) in [7, 11) is 0. The summed E-state index contributed by atoms with van der Waals surface area (Å²) < 4.78 is 0. The number of rotatable bonds is 0. The van der Waals surface area contributed by atoms with Crippen molar-refractivity contribution < 1.29 is 0 Å². The van der Waals surface area contributed by atoms with Crippen LogP contribution in [0.5, 0.6) is 0 Å². The van der Waals surface area contributed by atoms with Crippen LogP contribution in [0.1, 0.15) is 27.8 Å². The monoisotopic (exact) mass is 229 g/mol. The van der Waals surface area contributed by atoms with Gasteiger partial charge in [0.25, 0.3) is 0 Å². The number of hydrogen-bond acceptors (Lipinski definition) is 1. The van der Waals surface area contributed by atoms with Crippen LogP contribution < -0.4 is 6.15 Å². The first-order valence-corrected chi connectivity index (χ1v) is 2.41. The zero-order valence-electron chi connectivity index (χ0n) is 5.91. The summed E-state index contributed by atoms with van der Waals surface area (Å²) in [5.41, 5.74) is 1.32. The highest BCUT2D eigenvalue weighted by Gasteiger charge is 1.72. The van der Waals surface area contributed by atoms with Crippen LogP contribution in [-0.2, 0) is 0 Å². The minimum absolute atomic E-state index is 0. The molecule has 1 aromatic rings. The lowest BCUT2D eigenvalue weighted by Crippen LogP contribution is -1.62. The molecule has 0 aliphatic rings. The molecule has 0 fully saturated rings. The Hall–Kier alpha value is -0.240. The van der Waals surface area contributed by atoms with E-state index in [1.807, 2.05) is 18.2 Å². The van der Waals surface area contributed by atoms with Gasteiger partial charge in [0.2, 0.25) is 0 Å². The molecule has 0 spiro atoms. The molecule has 13 heavy (non-hydrogen) atoms. The normalized spacial score (nSPS) is 4.69. The van der Waals surface area contributed by atoms with Gasteiger partial charge < -0.3 is 6.15 Å². The largest absolute Gasteiger partial charge is 0.344 e. The Kier molecular flexibility index (Phi) is 67.2. The molecular weight excluding hydrogens is 205 g/mol. The van der Waals surface area contributed by atoms with Gasteiger partial charge in [0, 0.05) is 0 Å². The van der Waals surface area contributed by atoms with Gasteiger partial charge in [0.15, 0.2) is 0 Å².